The van der Waals surface area contributed by atoms with Gasteiger partial charge in [0, 0.05) is 12.3 Å². The molecule has 0 heterocycles. The lowest BCUT2D eigenvalue weighted by atomic mass is 10.1. The normalized spacial score (nSPS) is 10.9. The monoisotopic (exact) mass is 329 g/mol. The quantitative estimate of drug-likeness (QED) is 0.759. The lowest BCUT2D eigenvalue weighted by Gasteiger charge is -2.11. The second-order valence-electron chi connectivity index (χ2n) is 4.80. The first kappa shape index (κ1) is 17.2. The second kappa shape index (κ2) is 7.92. The van der Waals surface area contributed by atoms with Gasteiger partial charge in [-0.15, -0.1) is 0 Å². The summed E-state index contributed by atoms with van der Waals surface area (Å²) >= 11 is 0. The van der Waals surface area contributed by atoms with E-state index in [-0.39, 0.29) is 5.57 Å². The van der Waals surface area contributed by atoms with E-state index in [1.54, 1.807) is 56.7 Å². The van der Waals surface area contributed by atoms with Crippen LogP contribution in [0, 0.1) is 0 Å². The molecule has 2 aromatic carbocycles. The van der Waals surface area contributed by atoms with Crippen molar-refractivity contribution < 1.29 is 24.1 Å². The minimum atomic E-state index is -1.05. The number of hydrogen-bond donors (Lipinski definition) is 2. The number of carbonyl (C=O) groups is 1. The second-order valence-corrected chi connectivity index (χ2v) is 4.80. The van der Waals surface area contributed by atoms with Crippen LogP contribution in [0.2, 0.25) is 0 Å². The van der Waals surface area contributed by atoms with E-state index in [1.165, 1.54) is 13.3 Å². The Labute approximate surface area is 140 Å². The molecule has 2 rings (SSSR count). The number of carboxylic acids is 1. The van der Waals surface area contributed by atoms with Crippen molar-refractivity contribution in [2.24, 2.45) is 0 Å². The van der Waals surface area contributed by atoms with Crippen LogP contribution in [0.25, 0.3) is 5.57 Å². The summed E-state index contributed by atoms with van der Waals surface area (Å²) in [6.07, 6.45) is 1.42. The van der Waals surface area contributed by atoms with E-state index in [2.05, 4.69) is 5.32 Å². The van der Waals surface area contributed by atoms with Gasteiger partial charge in [0.2, 0.25) is 0 Å². The molecule has 0 unspecified atom stereocenters. The zero-order valence-electron chi connectivity index (χ0n) is 13.7. The molecule has 2 aromatic rings. The van der Waals surface area contributed by atoms with Gasteiger partial charge in [0.25, 0.3) is 0 Å². The lowest BCUT2D eigenvalue weighted by Crippen LogP contribution is -2.03. The minimum Gasteiger partial charge on any atom is -0.497 e. The molecule has 0 aromatic heterocycles. The minimum absolute atomic E-state index is 0.113. The summed E-state index contributed by atoms with van der Waals surface area (Å²) in [5.41, 5.74) is 1.27. The fourth-order valence-electron chi connectivity index (χ4n) is 2.12. The molecular weight excluding hydrogens is 310 g/mol. The highest BCUT2D eigenvalue weighted by Gasteiger charge is 2.11. The molecular formula is C18H19NO5. The van der Waals surface area contributed by atoms with Crippen LogP contribution < -0.4 is 19.5 Å². The first-order valence-corrected chi connectivity index (χ1v) is 7.15. The molecule has 0 fully saturated rings. The molecule has 0 aliphatic heterocycles. The molecule has 0 atom stereocenters. The van der Waals surface area contributed by atoms with Gasteiger partial charge < -0.3 is 24.6 Å². The molecule has 0 spiro atoms. The predicted octanol–water partition coefficient (Wildman–Crippen LogP) is 3.25. The molecule has 0 amide bonds. The van der Waals surface area contributed by atoms with E-state index < -0.39 is 5.97 Å². The summed E-state index contributed by atoms with van der Waals surface area (Å²) in [5, 5.41) is 12.4. The third-order valence-electron chi connectivity index (χ3n) is 3.41. The summed E-state index contributed by atoms with van der Waals surface area (Å²) in [7, 11) is 4.65. The van der Waals surface area contributed by atoms with Crippen LogP contribution in [0.4, 0.5) is 5.69 Å². The Kier molecular flexibility index (Phi) is 5.68. The van der Waals surface area contributed by atoms with Gasteiger partial charge in [-0.3, -0.25) is 0 Å². The van der Waals surface area contributed by atoms with Crippen LogP contribution in [0.1, 0.15) is 5.56 Å². The van der Waals surface area contributed by atoms with Crippen LogP contribution in [0.5, 0.6) is 17.2 Å². The van der Waals surface area contributed by atoms with Crippen LogP contribution in [0.15, 0.2) is 48.7 Å². The molecule has 2 N–H and O–H groups in total. The van der Waals surface area contributed by atoms with E-state index in [0.717, 1.165) is 0 Å². The molecule has 0 bridgehead atoms. The molecule has 24 heavy (non-hydrogen) atoms. The van der Waals surface area contributed by atoms with Crippen molar-refractivity contribution >= 4 is 17.2 Å². The Morgan fingerprint density at radius 1 is 0.958 bits per heavy atom. The van der Waals surface area contributed by atoms with Gasteiger partial charge in [-0.1, -0.05) is 12.1 Å². The van der Waals surface area contributed by atoms with Crippen LogP contribution >= 0.6 is 0 Å². The molecule has 126 valence electrons. The van der Waals surface area contributed by atoms with Crippen molar-refractivity contribution in [3.63, 3.8) is 0 Å². The maximum Gasteiger partial charge on any atom is 0.337 e. The van der Waals surface area contributed by atoms with E-state index in [9.17, 15) is 9.90 Å². The van der Waals surface area contributed by atoms with E-state index in [4.69, 9.17) is 14.2 Å². The zero-order chi connectivity index (χ0) is 17.5. The molecule has 0 saturated carbocycles. The summed E-state index contributed by atoms with van der Waals surface area (Å²) in [5.74, 6) is 0.819. The summed E-state index contributed by atoms with van der Waals surface area (Å²) in [6.45, 7) is 0. The van der Waals surface area contributed by atoms with Crippen molar-refractivity contribution in [3.05, 3.63) is 54.2 Å². The van der Waals surface area contributed by atoms with E-state index in [1.807, 2.05) is 0 Å². The van der Waals surface area contributed by atoms with Gasteiger partial charge in [-0.2, -0.15) is 0 Å². The standard InChI is InChI=1S/C18H19NO5/c1-22-13-6-4-12(5-7-13)15(18(20)21)11-19-16-10-14(23-2)8-9-17(16)24-3/h4-11,19H,1-3H3,(H,20,21). The highest BCUT2D eigenvalue weighted by atomic mass is 16.5. The average Bonchev–Trinajstić information content (AvgIpc) is 2.62. The van der Waals surface area contributed by atoms with Gasteiger partial charge in [0.05, 0.1) is 32.6 Å². The Balaban J connectivity index is 2.33. The third-order valence-corrected chi connectivity index (χ3v) is 3.41. The number of nitrogens with one attached hydrogen (secondary N) is 1. The number of rotatable bonds is 7. The van der Waals surface area contributed by atoms with Crippen LogP contribution in [0.3, 0.4) is 0 Å². The third kappa shape index (κ3) is 3.98. The van der Waals surface area contributed by atoms with Gasteiger partial charge in [0.15, 0.2) is 0 Å². The van der Waals surface area contributed by atoms with E-state index >= 15 is 0 Å². The van der Waals surface area contributed by atoms with E-state index in [0.29, 0.717) is 28.5 Å². The number of ether oxygens (including phenoxy) is 3. The summed E-state index contributed by atoms with van der Waals surface area (Å²) < 4.78 is 15.5. The fourth-order valence-corrected chi connectivity index (χ4v) is 2.12. The average molecular weight is 329 g/mol. The molecule has 0 radical (unpaired) electrons. The first-order chi connectivity index (χ1) is 11.6. The number of benzene rings is 2. The van der Waals surface area contributed by atoms with Crippen molar-refractivity contribution in [1.82, 2.24) is 0 Å². The Morgan fingerprint density at radius 3 is 2.12 bits per heavy atom. The van der Waals surface area contributed by atoms with Crippen molar-refractivity contribution in [3.8, 4) is 17.2 Å². The Morgan fingerprint density at radius 2 is 1.58 bits per heavy atom. The zero-order valence-corrected chi connectivity index (χ0v) is 13.7. The molecule has 6 nitrogen and oxygen atoms in total. The molecule has 0 aliphatic rings. The highest BCUT2D eigenvalue weighted by molar-refractivity contribution is 6.15. The van der Waals surface area contributed by atoms with Gasteiger partial charge in [-0.25, -0.2) is 4.79 Å². The maximum absolute atomic E-state index is 11.6. The SMILES string of the molecule is COc1ccc(C(=CNc2cc(OC)ccc2OC)C(=O)O)cc1. The topological polar surface area (TPSA) is 77.0 Å². The van der Waals surface area contributed by atoms with Gasteiger partial charge in [-0.05, 0) is 29.8 Å². The smallest absolute Gasteiger partial charge is 0.337 e. The molecule has 0 aliphatic carbocycles. The number of methoxy groups -OCH3 is 3. The number of anilines is 1. The molecule has 6 heteroatoms. The Hall–Kier alpha value is -3.15. The summed E-state index contributed by atoms with van der Waals surface area (Å²) in [6, 6.07) is 12.0. The van der Waals surface area contributed by atoms with Crippen LogP contribution in [-0.2, 0) is 4.79 Å². The number of hydrogen-bond acceptors (Lipinski definition) is 5. The van der Waals surface area contributed by atoms with Crippen LogP contribution in [-0.4, -0.2) is 32.4 Å². The first-order valence-electron chi connectivity index (χ1n) is 7.15. The van der Waals surface area contributed by atoms with Crippen molar-refractivity contribution in [2.45, 2.75) is 0 Å². The maximum atomic E-state index is 11.6. The number of carboxylic acid groups (broad SMARTS) is 1. The van der Waals surface area contributed by atoms with Gasteiger partial charge in [0.1, 0.15) is 17.2 Å². The highest BCUT2D eigenvalue weighted by Crippen LogP contribution is 2.29. The summed E-state index contributed by atoms with van der Waals surface area (Å²) in [4.78, 5) is 11.6. The predicted molar refractivity (Wildman–Crippen MR) is 91.8 cm³/mol. The van der Waals surface area contributed by atoms with Crippen molar-refractivity contribution in [2.75, 3.05) is 26.6 Å². The van der Waals surface area contributed by atoms with Crippen molar-refractivity contribution in [1.29, 1.82) is 0 Å². The van der Waals surface area contributed by atoms with Gasteiger partial charge >= 0.3 is 5.97 Å². The largest absolute Gasteiger partial charge is 0.497 e. The Bertz CT molecular complexity index is 738. The molecule has 0 saturated heterocycles. The lowest BCUT2D eigenvalue weighted by molar-refractivity contribution is -0.130. The fraction of sp³-hybridized carbons (Fsp3) is 0.167. The number of aliphatic carboxylic acids is 1.